The molecule has 2 aromatic heterocycles. The second kappa shape index (κ2) is 7.07. The van der Waals surface area contributed by atoms with Crippen LogP contribution in [0, 0.1) is 12.8 Å². The third-order valence-corrected chi connectivity index (χ3v) is 4.00. The van der Waals surface area contributed by atoms with Crippen LogP contribution in [-0.4, -0.2) is 39.8 Å². The number of aromatic nitrogens is 3. The van der Waals surface area contributed by atoms with E-state index in [0.29, 0.717) is 41.8 Å². The summed E-state index contributed by atoms with van der Waals surface area (Å²) in [6, 6.07) is 3.58. The number of likely N-dealkylation sites (tertiary alicyclic amines) is 1. The largest absolute Gasteiger partial charge is 0.476 e. The molecular weight excluding hydrogens is 304 g/mol. The van der Waals surface area contributed by atoms with E-state index in [-0.39, 0.29) is 0 Å². The molecule has 1 atom stereocenters. The summed E-state index contributed by atoms with van der Waals surface area (Å²) < 4.78 is 11.2. The predicted octanol–water partition coefficient (Wildman–Crippen LogP) is 2.72. The van der Waals surface area contributed by atoms with Crippen molar-refractivity contribution in [2.45, 2.75) is 26.3 Å². The average molecular weight is 323 g/mol. The topological polar surface area (TPSA) is 64.3 Å². The van der Waals surface area contributed by atoms with Gasteiger partial charge in [0.25, 0.3) is 0 Å². The summed E-state index contributed by atoms with van der Waals surface area (Å²) >= 11 is 6.05. The number of aryl methyl sites for hydroxylation is 1. The van der Waals surface area contributed by atoms with Gasteiger partial charge >= 0.3 is 0 Å². The van der Waals surface area contributed by atoms with E-state index in [4.69, 9.17) is 20.8 Å². The van der Waals surface area contributed by atoms with Gasteiger partial charge in [-0.25, -0.2) is 4.98 Å². The minimum Gasteiger partial charge on any atom is -0.476 e. The maximum absolute atomic E-state index is 6.05. The quantitative estimate of drug-likeness (QED) is 0.843. The molecule has 6 nitrogen and oxygen atoms in total. The lowest BCUT2D eigenvalue weighted by Gasteiger charge is -2.31. The zero-order chi connectivity index (χ0) is 15.4. The number of hydrogen-bond donors (Lipinski definition) is 0. The van der Waals surface area contributed by atoms with Crippen molar-refractivity contribution < 1.29 is 9.15 Å². The molecule has 1 unspecified atom stereocenters. The fraction of sp³-hybridized carbons (Fsp3) is 0.533. The second-order valence-electron chi connectivity index (χ2n) is 5.56. The van der Waals surface area contributed by atoms with Crippen LogP contribution in [0.15, 0.2) is 22.7 Å². The Bertz CT molecular complexity index is 619. The lowest BCUT2D eigenvalue weighted by molar-refractivity contribution is 0.115. The van der Waals surface area contributed by atoms with Crippen LogP contribution in [0.5, 0.6) is 5.88 Å². The minimum absolute atomic E-state index is 0.454. The zero-order valence-electron chi connectivity index (χ0n) is 12.5. The molecule has 0 radical (unpaired) electrons. The van der Waals surface area contributed by atoms with Gasteiger partial charge in [-0.05, 0) is 31.5 Å². The molecule has 1 aliphatic heterocycles. The molecule has 1 fully saturated rings. The highest BCUT2D eigenvalue weighted by molar-refractivity contribution is 6.31. The Labute approximate surface area is 134 Å². The molecule has 3 heterocycles. The van der Waals surface area contributed by atoms with Crippen LogP contribution >= 0.6 is 11.6 Å². The van der Waals surface area contributed by atoms with Crippen LogP contribution in [0.3, 0.4) is 0 Å². The maximum atomic E-state index is 6.05. The fourth-order valence-electron chi connectivity index (χ4n) is 2.70. The van der Waals surface area contributed by atoms with E-state index in [2.05, 4.69) is 20.1 Å². The van der Waals surface area contributed by atoms with Crippen molar-refractivity contribution in [1.82, 2.24) is 20.1 Å². The molecule has 1 saturated heterocycles. The smallest absolute Gasteiger partial charge is 0.232 e. The standard InChI is InChI=1S/C15H19ClN4O2/c1-11-18-19-14(22-11)9-20-7-3-4-12(8-20)10-21-15-13(16)5-2-6-17-15/h2,5-6,12H,3-4,7-10H2,1H3. The van der Waals surface area contributed by atoms with E-state index in [1.54, 1.807) is 25.3 Å². The molecule has 0 aromatic carbocycles. The first-order chi connectivity index (χ1) is 10.7. The molecule has 0 N–H and O–H groups in total. The van der Waals surface area contributed by atoms with E-state index in [0.717, 1.165) is 25.9 Å². The van der Waals surface area contributed by atoms with Crippen molar-refractivity contribution in [2.75, 3.05) is 19.7 Å². The van der Waals surface area contributed by atoms with Gasteiger partial charge in [0, 0.05) is 25.6 Å². The van der Waals surface area contributed by atoms with E-state index in [1.807, 2.05) is 0 Å². The molecular formula is C15H19ClN4O2. The molecule has 1 aliphatic rings. The number of nitrogens with zero attached hydrogens (tertiary/aromatic N) is 4. The van der Waals surface area contributed by atoms with Crippen LogP contribution in [0.2, 0.25) is 5.02 Å². The predicted molar refractivity (Wildman–Crippen MR) is 81.8 cm³/mol. The molecule has 0 bridgehead atoms. The lowest BCUT2D eigenvalue weighted by atomic mass is 9.99. The summed E-state index contributed by atoms with van der Waals surface area (Å²) in [7, 11) is 0. The van der Waals surface area contributed by atoms with Crippen molar-refractivity contribution >= 4 is 11.6 Å². The Balaban J connectivity index is 1.51. The van der Waals surface area contributed by atoms with Gasteiger partial charge in [0.05, 0.1) is 13.2 Å². The van der Waals surface area contributed by atoms with Crippen LogP contribution < -0.4 is 4.74 Å². The highest BCUT2D eigenvalue weighted by Crippen LogP contribution is 2.23. The Morgan fingerprint density at radius 3 is 3.14 bits per heavy atom. The van der Waals surface area contributed by atoms with Gasteiger partial charge in [-0.1, -0.05) is 11.6 Å². The number of hydrogen-bond acceptors (Lipinski definition) is 6. The van der Waals surface area contributed by atoms with E-state index in [1.165, 1.54) is 0 Å². The van der Waals surface area contributed by atoms with Gasteiger partial charge in [0.15, 0.2) is 0 Å². The van der Waals surface area contributed by atoms with Crippen molar-refractivity contribution in [2.24, 2.45) is 5.92 Å². The monoisotopic (exact) mass is 322 g/mol. The molecule has 0 aliphatic carbocycles. The highest BCUT2D eigenvalue weighted by atomic mass is 35.5. The Kier molecular flexibility index (Phi) is 4.90. The SMILES string of the molecule is Cc1nnc(CN2CCCC(COc3ncccc3Cl)C2)o1. The van der Waals surface area contributed by atoms with Crippen LogP contribution in [0.25, 0.3) is 0 Å². The summed E-state index contributed by atoms with van der Waals surface area (Å²) in [5.41, 5.74) is 0. The summed E-state index contributed by atoms with van der Waals surface area (Å²) in [6.07, 6.45) is 3.97. The number of halogens is 1. The third kappa shape index (κ3) is 3.96. The van der Waals surface area contributed by atoms with Gasteiger partial charge in [0.2, 0.25) is 17.7 Å². The molecule has 22 heavy (non-hydrogen) atoms. The van der Waals surface area contributed by atoms with Crippen LogP contribution in [0.1, 0.15) is 24.6 Å². The van der Waals surface area contributed by atoms with Gasteiger partial charge in [0.1, 0.15) is 5.02 Å². The number of ether oxygens (including phenoxy) is 1. The Hall–Kier alpha value is -1.66. The van der Waals surface area contributed by atoms with E-state index >= 15 is 0 Å². The molecule has 118 valence electrons. The molecule has 0 saturated carbocycles. The van der Waals surface area contributed by atoms with Gasteiger partial charge in [-0.2, -0.15) is 0 Å². The maximum Gasteiger partial charge on any atom is 0.232 e. The number of piperidine rings is 1. The summed E-state index contributed by atoms with van der Waals surface area (Å²) in [4.78, 5) is 6.48. The third-order valence-electron chi connectivity index (χ3n) is 3.71. The summed E-state index contributed by atoms with van der Waals surface area (Å²) in [5, 5.41) is 8.47. The summed E-state index contributed by atoms with van der Waals surface area (Å²) in [5.74, 6) is 2.24. The zero-order valence-corrected chi connectivity index (χ0v) is 13.3. The Morgan fingerprint density at radius 1 is 1.45 bits per heavy atom. The molecule has 0 spiro atoms. The first kappa shape index (κ1) is 15.2. The van der Waals surface area contributed by atoms with Crippen molar-refractivity contribution in [1.29, 1.82) is 0 Å². The normalized spacial score (nSPS) is 19.3. The van der Waals surface area contributed by atoms with Gasteiger partial charge < -0.3 is 9.15 Å². The number of pyridine rings is 1. The van der Waals surface area contributed by atoms with E-state index < -0.39 is 0 Å². The average Bonchev–Trinajstić information content (AvgIpc) is 2.92. The van der Waals surface area contributed by atoms with Crippen LogP contribution in [0.4, 0.5) is 0 Å². The molecule has 3 rings (SSSR count). The van der Waals surface area contributed by atoms with Crippen molar-refractivity contribution in [3.63, 3.8) is 0 Å². The van der Waals surface area contributed by atoms with Crippen molar-refractivity contribution in [3.05, 3.63) is 35.1 Å². The van der Waals surface area contributed by atoms with Gasteiger partial charge in [-0.15, -0.1) is 10.2 Å². The lowest BCUT2D eigenvalue weighted by Crippen LogP contribution is -2.37. The second-order valence-corrected chi connectivity index (χ2v) is 5.97. The highest BCUT2D eigenvalue weighted by Gasteiger charge is 2.22. The Morgan fingerprint density at radius 2 is 2.36 bits per heavy atom. The first-order valence-electron chi connectivity index (χ1n) is 7.45. The number of rotatable bonds is 5. The molecule has 7 heteroatoms. The van der Waals surface area contributed by atoms with Gasteiger partial charge in [-0.3, -0.25) is 4.90 Å². The fourth-order valence-corrected chi connectivity index (χ4v) is 2.87. The van der Waals surface area contributed by atoms with E-state index in [9.17, 15) is 0 Å². The molecule has 2 aromatic rings. The first-order valence-corrected chi connectivity index (χ1v) is 7.83. The molecule has 0 amide bonds. The van der Waals surface area contributed by atoms with Crippen molar-refractivity contribution in [3.8, 4) is 5.88 Å². The minimum atomic E-state index is 0.454. The van der Waals surface area contributed by atoms with Crippen LogP contribution in [-0.2, 0) is 6.54 Å². The summed E-state index contributed by atoms with van der Waals surface area (Å²) in [6.45, 7) is 5.12.